The Balaban J connectivity index is 0.00000186. The number of rotatable bonds is 13. The molecule has 8 nitrogen and oxygen atoms in total. The lowest BCUT2D eigenvalue weighted by Gasteiger charge is -2.22. The third kappa shape index (κ3) is 7.84. The molecule has 0 saturated heterocycles. The fourth-order valence-corrected chi connectivity index (χ4v) is 4.17. The maximum atomic E-state index is 13.7. The first-order chi connectivity index (χ1) is 18.1. The summed E-state index contributed by atoms with van der Waals surface area (Å²) in [6.45, 7) is 14.0. The van der Waals surface area contributed by atoms with E-state index in [0.717, 1.165) is 55.7 Å². The second-order valence-electron chi connectivity index (χ2n) is 8.72. The minimum absolute atomic E-state index is 0.291. The second kappa shape index (κ2) is 14.4. The van der Waals surface area contributed by atoms with Crippen molar-refractivity contribution in [3.63, 3.8) is 0 Å². The topological polar surface area (TPSA) is 83.4 Å². The number of nitrogens with one attached hydrogen (secondary N) is 2. The fraction of sp³-hybridized carbons (Fsp3) is 0.464. The maximum absolute atomic E-state index is 13.7. The summed E-state index contributed by atoms with van der Waals surface area (Å²) in [5.41, 5.74) is 2.57. The van der Waals surface area contributed by atoms with Gasteiger partial charge in [0.15, 0.2) is 17.5 Å². The maximum Gasteiger partial charge on any atom is 0.184 e. The molecule has 1 atom stereocenters. The van der Waals surface area contributed by atoms with Crippen molar-refractivity contribution in [1.82, 2.24) is 29.7 Å². The Bertz CT molecular complexity index is 1200. The van der Waals surface area contributed by atoms with E-state index < -0.39 is 6.10 Å². The van der Waals surface area contributed by atoms with Crippen LogP contribution < -0.4 is 5.32 Å². The molecular formula is C28H40FN7O. The lowest BCUT2D eigenvalue weighted by Crippen LogP contribution is -2.27. The Labute approximate surface area is 219 Å². The highest BCUT2D eigenvalue weighted by Crippen LogP contribution is 2.27. The monoisotopic (exact) mass is 509 g/mol. The molecular weight excluding hydrogens is 469 g/mol. The normalized spacial score (nSPS) is 12.0. The minimum atomic E-state index is -0.533. The van der Waals surface area contributed by atoms with Gasteiger partial charge in [0.05, 0.1) is 0 Å². The molecule has 3 heterocycles. The molecule has 37 heavy (non-hydrogen) atoms. The molecule has 3 aromatic heterocycles. The van der Waals surface area contributed by atoms with Crippen LogP contribution in [0, 0.1) is 12.7 Å². The highest BCUT2D eigenvalue weighted by atomic mass is 19.1. The molecule has 4 rings (SSSR count). The van der Waals surface area contributed by atoms with Crippen molar-refractivity contribution < 1.29 is 9.13 Å². The van der Waals surface area contributed by atoms with Gasteiger partial charge in [-0.25, -0.2) is 13.9 Å². The lowest BCUT2D eigenvalue weighted by molar-refractivity contribution is 0.0654. The van der Waals surface area contributed by atoms with Crippen molar-refractivity contribution >= 4 is 17.2 Å². The van der Waals surface area contributed by atoms with Crippen molar-refractivity contribution in [2.75, 3.05) is 31.6 Å². The first-order valence-corrected chi connectivity index (χ1v) is 13.3. The van der Waals surface area contributed by atoms with Gasteiger partial charge in [-0.3, -0.25) is 5.10 Å². The van der Waals surface area contributed by atoms with E-state index in [1.165, 1.54) is 12.1 Å². The summed E-state index contributed by atoms with van der Waals surface area (Å²) in [6.07, 6.45) is 4.50. The predicted octanol–water partition coefficient (Wildman–Crippen LogP) is 6.29. The molecule has 0 aliphatic rings. The first-order valence-electron chi connectivity index (χ1n) is 13.3. The smallest absolute Gasteiger partial charge is 0.184 e. The molecule has 0 saturated carbocycles. The van der Waals surface area contributed by atoms with Crippen molar-refractivity contribution in [3.05, 3.63) is 71.6 Å². The minimum Gasteiger partial charge on any atom is -0.365 e. The third-order valence-corrected chi connectivity index (χ3v) is 5.75. The molecule has 200 valence electrons. The average Bonchev–Trinajstić information content (AvgIpc) is 3.55. The molecule has 0 amide bonds. The number of ether oxygens (including phenoxy) is 1. The highest BCUT2D eigenvalue weighted by molar-refractivity contribution is 5.72. The SMILES string of the molecule is CC.CCCN(CCC)CCCOC(c1ccc(F)cc1)c1nc(Nc2cc(C)[nH]n2)c2cccn2n1. The predicted molar refractivity (Wildman–Crippen MR) is 147 cm³/mol. The molecule has 2 N–H and O–H groups in total. The van der Waals surface area contributed by atoms with E-state index in [2.05, 4.69) is 34.3 Å². The number of aryl methyl sites for hydroxylation is 1. The van der Waals surface area contributed by atoms with Crippen molar-refractivity contribution in [1.29, 1.82) is 0 Å². The number of fused-ring (bicyclic) bond motifs is 1. The molecule has 9 heteroatoms. The van der Waals surface area contributed by atoms with Gasteiger partial charge in [-0.1, -0.05) is 39.8 Å². The van der Waals surface area contributed by atoms with Gasteiger partial charge in [0.2, 0.25) is 0 Å². The Kier molecular flexibility index (Phi) is 11.0. The molecule has 0 fully saturated rings. The van der Waals surface area contributed by atoms with Crippen LogP contribution in [0.25, 0.3) is 5.52 Å². The number of halogens is 1. The summed E-state index contributed by atoms with van der Waals surface area (Å²) >= 11 is 0. The average molecular weight is 510 g/mol. The Morgan fingerprint density at radius 1 is 1.08 bits per heavy atom. The summed E-state index contributed by atoms with van der Waals surface area (Å²) in [5, 5.41) is 15.2. The van der Waals surface area contributed by atoms with Gasteiger partial charge in [-0.2, -0.15) is 5.10 Å². The summed E-state index contributed by atoms with van der Waals surface area (Å²) in [6, 6.07) is 12.1. The van der Waals surface area contributed by atoms with E-state index in [9.17, 15) is 4.39 Å². The Hall–Kier alpha value is -3.30. The van der Waals surface area contributed by atoms with Crippen molar-refractivity contribution in [3.8, 4) is 0 Å². The summed E-state index contributed by atoms with van der Waals surface area (Å²) < 4.78 is 21.8. The van der Waals surface area contributed by atoms with Crippen LogP contribution in [0.5, 0.6) is 0 Å². The Morgan fingerprint density at radius 2 is 1.81 bits per heavy atom. The summed E-state index contributed by atoms with van der Waals surface area (Å²) in [4.78, 5) is 7.29. The summed E-state index contributed by atoms with van der Waals surface area (Å²) in [5.74, 6) is 1.50. The van der Waals surface area contributed by atoms with Crippen LogP contribution in [0.3, 0.4) is 0 Å². The first kappa shape index (κ1) is 28.3. The number of hydrogen-bond acceptors (Lipinski definition) is 6. The van der Waals surface area contributed by atoms with Crippen LogP contribution in [0.15, 0.2) is 48.7 Å². The van der Waals surface area contributed by atoms with Gasteiger partial charge in [0.1, 0.15) is 17.4 Å². The van der Waals surface area contributed by atoms with Crippen LogP contribution in [-0.4, -0.2) is 55.9 Å². The van der Waals surface area contributed by atoms with E-state index in [1.807, 2.05) is 45.2 Å². The standard InChI is InChI=1S/C26H34FN7O.C2H6/c1-4-13-33(14-5-2)15-7-17-35-24(20-9-11-21(27)12-10-20)26-29-25(22-8-6-16-34(22)32-26)28-23-18-19(3)30-31-23;1-2/h6,8-12,16,18,24H,4-5,7,13-15,17H2,1-3H3,(H2,28,29,30,31,32);1-2H3. The molecule has 0 aliphatic carbocycles. The summed E-state index contributed by atoms with van der Waals surface area (Å²) in [7, 11) is 0. The number of aromatic nitrogens is 5. The fourth-order valence-electron chi connectivity index (χ4n) is 4.17. The van der Waals surface area contributed by atoms with Gasteiger partial charge in [-0.05, 0) is 69.1 Å². The van der Waals surface area contributed by atoms with E-state index in [4.69, 9.17) is 14.8 Å². The largest absolute Gasteiger partial charge is 0.365 e. The third-order valence-electron chi connectivity index (χ3n) is 5.75. The quantitative estimate of drug-likeness (QED) is 0.206. The van der Waals surface area contributed by atoms with Gasteiger partial charge in [-0.15, -0.1) is 5.10 Å². The molecule has 1 aromatic carbocycles. The Morgan fingerprint density at radius 3 is 2.46 bits per heavy atom. The number of anilines is 2. The number of nitrogens with zero attached hydrogens (tertiary/aromatic N) is 5. The lowest BCUT2D eigenvalue weighted by atomic mass is 10.1. The van der Waals surface area contributed by atoms with Crippen LogP contribution in [0.1, 0.15) is 70.1 Å². The zero-order chi connectivity index (χ0) is 26.6. The van der Waals surface area contributed by atoms with E-state index in [-0.39, 0.29) is 5.82 Å². The van der Waals surface area contributed by atoms with E-state index >= 15 is 0 Å². The van der Waals surface area contributed by atoms with E-state index in [0.29, 0.717) is 24.1 Å². The van der Waals surface area contributed by atoms with Gasteiger partial charge < -0.3 is 15.0 Å². The molecule has 0 bridgehead atoms. The molecule has 0 aliphatic heterocycles. The van der Waals surface area contributed by atoms with Gasteiger partial charge in [0, 0.05) is 31.1 Å². The number of H-pyrrole nitrogens is 1. The van der Waals surface area contributed by atoms with E-state index in [1.54, 1.807) is 16.6 Å². The van der Waals surface area contributed by atoms with Gasteiger partial charge in [0.25, 0.3) is 0 Å². The van der Waals surface area contributed by atoms with Crippen molar-refractivity contribution in [2.45, 2.75) is 60.0 Å². The van der Waals surface area contributed by atoms with Crippen molar-refractivity contribution in [2.24, 2.45) is 0 Å². The number of benzene rings is 1. The van der Waals surface area contributed by atoms with Crippen LogP contribution in [0.2, 0.25) is 0 Å². The molecule has 0 spiro atoms. The van der Waals surface area contributed by atoms with Gasteiger partial charge >= 0.3 is 0 Å². The van der Waals surface area contributed by atoms with Crippen LogP contribution >= 0.6 is 0 Å². The zero-order valence-electron chi connectivity index (χ0n) is 22.7. The van der Waals surface area contributed by atoms with Crippen LogP contribution in [0.4, 0.5) is 16.0 Å². The molecule has 4 aromatic rings. The second-order valence-corrected chi connectivity index (χ2v) is 8.72. The highest BCUT2D eigenvalue weighted by Gasteiger charge is 2.21. The van der Waals surface area contributed by atoms with Crippen LogP contribution in [-0.2, 0) is 4.74 Å². The number of aromatic amines is 1. The molecule has 1 unspecified atom stereocenters. The zero-order valence-corrected chi connectivity index (χ0v) is 22.7. The number of hydrogen-bond donors (Lipinski definition) is 2. The molecule has 0 radical (unpaired) electrons.